The lowest BCUT2D eigenvalue weighted by molar-refractivity contribution is 0.0745. The molecule has 0 aromatic carbocycles. The maximum Gasteiger partial charge on any atom is 0.510 e. The van der Waals surface area contributed by atoms with Gasteiger partial charge in [-0.05, 0) is 12.2 Å². The predicted octanol–water partition coefficient (Wildman–Crippen LogP) is 0.716. The van der Waals surface area contributed by atoms with Gasteiger partial charge >= 0.3 is 6.16 Å². The first kappa shape index (κ1) is 8.23. The molecular weight excluding hydrogens is 156 g/mol. The molecule has 1 heterocycles. The Labute approximate surface area is 70.4 Å². The Balaban J connectivity index is 2.58. The van der Waals surface area contributed by atoms with E-state index in [1.54, 1.807) is 12.2 Å². The van der Waals surface area contributed by atoms with Crippen LogP contribution in [-0.4, -0.2) is 19.4 Å². The fraction of sp³-hybridized carbons (Fsp3) is 0.222. The summed E-state index contributed by atoms with van der Waals surface area (Å²) in [4.78, 5) is 10.6. The quantitative estimate of drug-likeness (QED) is 0.389. The van der Waals surface area contributed by atoms with Gasteiger partial charge < -0.3 is 9.47 Å². The van der Waals surface area contributed by atoms with Crippen molar-refractivity contribution in [2.45, 2.75) is 0 Å². The standard InChI is InChI=1S/C9H6O3/c10-9-11-7-5-3-1-2-4-6-8-12-9/h1-2H,7-8H2/b2-1-. The number of rotatable bonds is 0. The first-order chi connectivity index (χ1) is 5.89. The molecule has 0 aromatic heterocycles. The predicted molar refractivity (Wildman–Crippen MR) is 42.0 cm³/mol. The summed E-state index contributed by atoms with van der Waals surface area (Å²) in [7, 11) is 0. The Morgan fingerprint density at radius 3 is 2.08 bits per heavy atom. The lowest BCUT2D eigenvalue weighted by atomic mass is 10.4. The zero-order chi connectivity index (χ0) is 8.65. The molecule has 1 aliphatic rings. The van der Waals surface area contributed by atoms with E-state index in [-0.39, 0.29) is 13.2 Å². The third-order valence-corrected chi connectivity index (χ3v) is 0.979. The number of cyclic esters (lactones) is 2. The normalized spacial score (nSPS) is 17.8. The lowest BCUT2D eigenvalue weighted by Gasteiger charge is -1.98. The maximum atomic E-state index is 10.6. The molecule has 1 aliphatic heterocycles. The Morgan fingerprint density at radius 2 is 1.58 bits per heavy atom. The topological polar surface area (TPSA) is 35.5 Å². The summed E-state index contributed by atoms with van der Waals surface area (Å²) in [5.74, 6) is 10.4. The molecule has 0 unspecified atom stereocenters. The van der Waals surface area contributed by atoms with E-state index in [0.717, 1.165) is 0 Å². The van der Waals surface area contributed by atoms with Crippen LogP contribution in [0.4, 0.5) is 4.79 Å². The molecule has 0 radical (unpaired) electrons. The largest absolute Gasteiger partial charge is 0.510 e. The summed E-state index contributed by atoms with van der Waals surface area (Å²) in [5.41, 5.74) is 0. The fourth-order valence-electron chi connectivity index (χ4n) is 0.516. The average Bonchev–Trinajstić information content (AvgIpc) is 2.11. The molecule has 3 nitrogen and oxygen atoms in total. The molecule has 0 spiro atoms. The summed E-state index contributed by atoms with van der Waals surface area (Å²) in [6, 6.07) is 0. The first-order valence-electron chi connectivity index (χ1n) is 3.31. The van der Waals surface area contributed by atoms with Crippen LogP contribution in [0, 0.1) is 23.7 Å². The number of ether oxygens (including phenoxy) is 2. The highest BCUT2D eigenvalue weighted by Crippen LogP contribution is 1.84. The molecule has 0 N–H and O–H groups in total. The smallest absolute Gasteiger partial charge is 0.421 e. The number of allylic oxidation sites excluding steroid dienone is 2. The zero-order valence-electron chi connectivity index (χ0n) is 6.29. The van der Waals surface area contributed by atoms with Crippen LogP contribution in [0.2, 0.25) is 0 Å². The van der Waals surface area contributed by atoms with E-state index >= 15 is 0 Å². The molecular formula is C9H6O3. The van der Waals surface area contributed by atoms with Gasteiger partial charge in [-0.2, -0.15) is 0 Å². The van der Waals surface area contributed by atoms with Gasteiger partial charge in [0, 0.05) is 0 Å². The molecule has 1 rings (SSSR count). The van der Waals surface area contributed by atoms with Crippen molar-refractivity contribution in [3.05, 3.63) is 12.2 Å². The molecule has 12 heavy (non-hydrogen) atoms. The van der Waals surface area contributed by atoms with Gasteiger partial charge in [0.15, 0.2) is 13.2 Å². The highest BCUT2D eigenvalue weighted by Gasteiger charge is 1.99. The summed E-state index contributed by atoms with van der Waals surface area (Å²) >= 11 is 0. The van der Waals surface area contributed by atoms with Crippen molar-refractivity contribution in [2.75, 3.05) is 13.2 Å². The molecule has 0 amide bonds. The van der Waals surface area contributed by atoms with E-state index in [9.17, 15) is 4.79 Å². The first-order valence-corrected chi connectivity index (χ1v) is 3.31. The van der Waals surface area contributed by atoms with Crippen LogP contribution < -0.4 is 0 Å². The minimum Gasteiger partial charge on any atom is -0.421 e. The van der Waals surface area contributed by atoms with Gasteiger partial charge in [-0.15, -0.1) is 0 Å². The number of carbonyl (C=O) groups is 1. The van der Waals surface area contributed by atoms with Crippen molar-refractivity contribution in [3.63, 3.8) is 0 Å². The minimum absolute atomic E-state index is 0.0448. The van der Waals surface area contributed by atoms with Crippen LogP contribution in [-0.2, 0) is 9.47 Å². The van der Waals surface area contributed by atoms with Gasteiger partial charge in [-0.1, -0.05) is 23.7 Å². The molecule has 0 fully saturated rings. The van der Waals surface area contributed by atoms with E-state index in [1.807, 2.05) is 0 Å². The van der Waals surface area contributed by atoms with E-state index in [4.69, 9.17) is 0 Å². The van der Waals surface area contributed by atoms with Crippen LogP contribution in [0.1, 0.15) is 0 Å². The third-order valence-electron chi connectivity index (χ3n) is 0.979. The minimum atomic E-state index is -0.736. The molecule has 0 saturated carbocycles. The van der Waals surface area contributed by atoms with Crippen molar-refractivity contribution in [1.29, 1.82) is 0 Å². The van der Waals surface area contributed by atoms with Crippen molar-refractivity contribution >= 4 is 6.16 Å². The Morgan fingerprint density at radius 1 is 1.08 bits per heavy atom. The average molecular weight is 162 g/mol. The van der Waals surface area contributed by atoms with E-state index < -0.39 is 6.16 Å². The molecule has 0 aromatic rings. The van der Waals surface area contributed by atoms with Crippen LogP contribution in [0.15, 0.2) is 12.2 Å². The Kier molecular flexibility index (Phi) is 3.34. The third kappa shape index (κ3) is 3.34. The maximum absolute atomic E-state index is 10.6. The molecule has 0 aliphatic carbocycles. The summed E-state index contributed by atoms with van der Waals surface area (Å²) in [5, 5.41) is 0. The van der Waals surface area contributed by atoms with Gasteiger partial charge in [0.05, 0.1) is 0 Å². The number of hydrogen-bond donors (Lipinski definition) is 0. The summed E-state index contributed by atoms with van der Waals surface area (Å²) in [6.45, 7) is 0.0896. The molecule has 0 atom stereocenters. The highest BCUT2D eigenvalue weighted by atomic mass is 16.7. The zero-order valence-corrected chi connectivity index (χ0v) is 6.29. The molecule has 3 heteroatoms. The van der Waals surface area contributed by atoms with Crippen LogP contribution in [0.25, 0.3) is 0 Å². The van der Waals surface area contributed by atoms with Crippen molar-refractivity contribution in [1.82, 2.24) is 0 Å². The molecule has 0 saturated heterocycles. The van der Waals surface area contributed by atoms with Gasteiger partial charge in [0.25, 0.3) is 0 Å². The summed E-state index contributed by atoms with van der Waals surface area (Å²) in [6.07, 6.45) is 2.44. The Bertz CT molecular complexity index is 276. The summed E-state index contributed by atoms with van der Waals surface area (Å²) < 4.78 is 9.07. The number of hydrogen-bond acceptors (Lipinski definition) is 3. The van der Waals surface area contributed by atoms with Crippen LogP contribution in [0.5, 0.6) is 0 Å². The van der Waals surface area contributed by atoms with Gasteiger partial charge in [0.2, 0.25) is 0 Å². The number of carbonyl (C=O) groups excluding carboxylic acids is 1. The van der Waals surface area contributed by atoms with Crippen molar-refractivity contribution < 1.29 is 14.3 Å². The Hall–Kier alpha value is -1.87. The van der Waals surface area contributed by atoms with Crippen LogP contribution >= 0.6 is 0 Å². The van der Waals surface area contributed by atoms with Gasteiger partial charge in [-0.3, -0.25) is 0 Å². The van der Waals surface area contributed by atoms with E-state index in [0.29, 0.717) is 0 Å². The van der Waals surface area contributed by atoms with Gasteiger partial charge in [-0.25, -0.2) is 4.79 Å². The van der Waals surface area contributed by atoms with E-state index in [1.165, 1.54) is 0 Å². The molecule has 60 valence electrons. The lowest BCUT2D eigenvalue weighted by Crippen LogP contribution is -2.07. The second kappa shape index (κ2) is 4.87. The SMILES string of the molecule is O=C1OCC#C/C=C\C#CCO1. The second-order valence-electron chi connectivity index (χ2n) is 1.80. The van der Waals surface area contributed by atoms with Crippen LogP contribution in [0.3, 0.4) is 0 Å². The fourth-order valence-corrected chi connectivity index (χ4v) is 0.516. The highest BCUT2D eigenvalue weighted by molar-refractivity contribution is 5.60. The van der Waals surface area contributed by atoms with Crippen molar-refractivity contribution in [2.24, 2.45) is 0 Å². The second-order valence-corrected chi connectivity index (χ2v) is 1.80. The van der Waals surface area contributed by atoms with Crippen molar-refractivity contribution in [3.8, 4) is 23.7 Å². The molecule has 0 bridgehead atoms. The monoisotopic (exact) mass is 162 g/mol. The van der Waals surface area contributed by atoms with Gasteiger partial charge in [0.1, 0.15) is 0 Å². The van der Waals surface area contributed by atoms with E-state index in [2.05, 4.69) is 33.2 Å².